The van der Waals surface area contributed by atoms with Crippen LogP contribution in [0, 0.1) is 5.82 Å². The van der Waals surface area contributed by atoms with Crippen LogP contribution in [0.4, 0.5) is 15.9 Å². The molecule has 0 spiro atoms. The molecule has 5 nitrogen and oxygen atoms in total. The quantitative estimate of drug-likeness (QED) is 0.620. The summed E-state index contributed by atoms with van der Waals surface area (Å²) in [5, 5.41) is 3.81. The van der Waals surface area contributed by atoms with Gasteiger partial charge in [0.1, 0.15) is 11.9 Å². The van der Waals surface area contributed by atoms with Crippen molar-refractivity contribution in [2.45, 2.75) is 13.0 Å². The molecule has 0 aliphatic carbocycles. The zero-order chi connectivity index (χ0) is 21.1. The van der Waals surface area contributed by atoms with Crippen molar-refractivity contribution in [1.82, 2.24) is 10.3 Å². The van der Waals surface area contributed by atoms with Crippen LogP contribution in [-0.2, 0) is 0 Å². The second-order valence-corrected chi connectivity index (χ2v) is 7.73. The Kier molecular flexibility index (Phi) is 6.06. The summed E-state index contributed by atoms with van der Waals surface area (Å²) in [6.45, 7) is 5.71. The molecule has 1 aliphatic heterocycles. The molecule has 2 heterocycles. The number of ether oxygens (including phenoxy) is 1. The topological polar surface area (TPSA) is 63.4 Å². The Labute approximate surface area is 180 Å². The molecule has 0 radical (unpaired) electrons. The van der Waals surface area contributed by atoms with E-state index in [0.717, 1.165) is 37.3 Å². The summed E-state index contributed by atoms with van der Waals surface area (Å²) in [6, 6.07) is 14.4. The van der Waals surface area contributed by atoms with Crippen molar-refractivity contribution in [3.63, 3.8) is 0 Å². The highest BCUT2D eigenvalue weighted by Crippen LogP contribution is 2.33. The van der Waals surface area contributed by atoms with E-state index in [-0.39, 0.29) is 11.6 Å². The lowest BCUT2D eigenvalue weighted by Crippen LogP contribution is -2.43. The molecule has 7 heteroatoms. The minimum atomic E-state index is -0.486. The van der Waals surface area contributed by atoms with Crippen LogP contribution < -0.4 is 20.7 Å². The fraction of sp³-hybridized carbons (Fsp3) is 0.261. The molecule has 1 saturated heterocycles. The maximum absolute atomic E-state index is 13.6. The number of nitrogens with two attached hydrogens (primary N) is 1. The van der Waals surface area contributed by atoms with E-state index in [2.05, 4.69) is 27.3 Å². The number of hydrogen-bond acceptors (Lipinski definition) is 5. The number of hydrogen-bond donors (Lipinski definition) is 2. The Morgan fingerprint density at radius 1 is 1.13 bits per heavy atom. The van der Waals surface area contributed by atoms with Crippen LogP contribution in [0.5, 0.6) is 5.75 Å². The van der Waals surface area contributed by atoms with E-state index in [9.17, 15) is 4.39 Å². The van der Waals surface area contributed by atoms with Gasteiger partial charge in [-0.15, -0.1) is 0 Å². The van der Waals surface area contributed by atoms with Crippen LogP contribution in [0.25, 0.3) is 11.1 Å². The second-order valence-electron chi connectivity index (χ2n) is 7.32. The largest absolute Gasteiger partial charge is 0.482 e. The Bertz CT molecular complexity index is 1040. The van der Waals surface area contributed by atoms with Gasteiger partial charge in [-0.1, -0.05) is 23.7 Å². The van der Waals surface area contributed by atoms with Gasteiger partial charge < -0.3 is 20.7 Å². The average Bonchev–Trinajstić information content (AvgIpc) is 2.77. The van der Waals surface area contributed by atoms with Crippen LogP contribution in [0.2, 0.25) is 5.02 Å². The van der Waals surface area contributed by atoms with Crippen molar-refractivity contribution >= 4 is 23.1 Å². The number of benzene rings is 2. The molecule has 3 aromatic rings. The fourth-order valence-corrected chi connectivity index (χ4v) is 3.86. The number of pyridine rings is 1. The van der Waals surface area contributed by atoms with Crippen LogP contribution >= 0.6 is 11.6 Å². The smallest absolute Gasteiger partial charge is 0.166 e. The van der Waals surface area contributed by atoms with Gasteiger partial charge in [-0.05, 0) is 48.9 Å². The van der Waals surface area contributed by atoms with E-state index in [1.807, 2.05) is 18.2 Å². The first-order valence-electron chi connectivity index (χ1n) is 9.94. The molecule has 0 saturated carbocycles. The third-order valence-electron chi connectivity index (χ3n) is 5.24. The van der Waals surface area contributed by atoms with Crippen molar-refractivity contribution < 1.29 is 9.13 Å². The summed E-state index contributed by atoms with van der Waals surface area (Å²) < 4.78 is 19.7. The predicted octanol–water partition coefficient (Wildman–Crippen LogP) is 4.67. The maximum Gasteiger partial charge on any atom is 0.166 e. The van der Waals surface area contributed by atoms with Crippen molar-refractivity contribution in [2.75, 3.05) is 36.8 Å². The van der Waals surface area contributed by atoms with Crippen LogP contribution in [0.3, 0.4) is 0 Å². The van der Waals surface area contributed by atoms with Crippen molar-refractivity contribution in [1.29, 1.82) is 0 Å². The number of piperazine rings is 1. The number of rotatable bonds is 5. The molecule has 156 valence electrons. The summed E-state index contributed by atoms with van der Waals surface area (Å²) in [4.78, 5) is 6.66. The molecule has 1 fully saturated rings. The molecular weight excluding hydrogens is 403 g/mol. The van der Waals surface area contributed by atoms with E-state index >= 15 is 0 Å². The van der Waals surface area contributed by atoms with Gasteiger partial charge in [-0.3, -0.25) is 0 Å². The lowest BCUT2D eigenvalue weighted by Gasteiger charge is -2.29. The minimum Gasteiger partial charge on any atom is -0.482 e. The highest BCUT2D eigenvalue weighted by Gasteiger charge is 2.16. The van der Waals surface area contributed by atoms with Crippen LogP contribution in [0.1, 0.15) is 18.6 Å². The minimum absolute atomic E-state index is 0.274. The normalized spacial score (nSPS) is 15.1. The monoisotopic (exact) mass is 426 g/mol. The number of halogens is 2. The summed E-state index contributed by atoms with van der Waals surface area (Å²) in [7, 11) is 0. The first-order valence-corrected chi connectivity index (χ1v) is 10.3. The number of nitrogens with zero attached hydrogens (tertiary/aromatic N) is 2. The van der Waals surface area contributed by atoms with Gasteiger partial charge >= 0.3 is 0 Å². The molecule has 1 unspecified atom stereocenters. The number of nitrogens with one attached hydrogen (secondary N) is 1. The van der Waals surface area contributed by atoms with Crippen LogP contribution in [-0.4, -0.2) is 31.2 Å². The lowest BCUT2D eigenvalue weighted by molar-refractivity contribution is 0.227. The molecule has 1 aliphatic rings. The number of aromatic nitrogens is 1. The highest BCUT2D eigenvalue weighted by molar-refractivity contribution is 6.31. The molecule has 2 aromatic carbocycles. The van der Waals surface area contributed by atoms with Crippen molar-refractivity contribution in [3.05, 3.63) is 71.1 Å². The van der Waals surface area contributed by atoms with Gasteiger partial charge in [0.05, 0.1) is 0 Å². The van der Waals surface area contributed by atoms with E-state index in [1.54, 1.807) is 13.1 Å². The second kappa shape index (κ2) is 8.90. The third kappa shape index (κ3) is 4.50. The highest BCUT2D eigenvalue weighted by atomic mass is 35.5. The van der Waals surface area contributed by atoms with Gasteiger partial charge in [-0.25, -0.2) is 9.37 Å². The Hall–Kier alpha value is -2.83. The first-order chi connectivity index (χ1) is 14.5. The Morgan fingerprint density at radius 2 is 1.93 bits per heavy atom. The molecule has 30 heavy (non-hydrogen) atoms. The Balaban J connectivity index is 1.60. The van der Waals surface area contributed by atoms with E-state index in [1.165, 1.54) is 23.9 Å². The van der Waals surface area contributed by atoms with Gasteiger partial charge in [0.15, 0.2) is 11.6 Å². The molecule has 3 N–H and O–H groups in total. The van der Waals surface area contributed by atoms with Crippen molar-refractivity contribution in [2.24, 2.45) is 0 Å². The lowest BCUT2D eigenvalue weighted by atomic mass is 10.1. The summed E-state index contributed by atoms with van der Waals surface area (Å²) in [6.07, 6.45) is 1.25. The van der Waals surface area contributed by atoms with Gasteiger partial charge in [0.2, 0.25) is 0 Å². The summed E-state index contributed by atoms with van der Waals surface area (Å²) in [5.41, 5.74) is 9.71. The number of anilines is 2. The molecule has 1 aromatic heterocycles. The molecule has 4 rings (SSSR count). The predicted molar refractivity (Wildman–Crippen MR) is 120 cm³/mol. The Morgan fingerprint density at radius 3 is 2.73 bits per heavy atom. The van der Waals surface area contributed by atoms with E-state index < -0.39 is 6.10 Å². The zero-order valence-corrected chi connectivity index (χ0v) is 17.5. The van der Waals surface area contributed by atoms with E-state index in [4.69, 9.17) is 22.1 Å². The fourth-order valence-electron chi connectivity index (χ4n) is 3.59. The molecular formula is C23H24ClFN4O. The third-order valence-corrected chi connectivity index (χ3v) is 5.59. The average molecular weight is 427 g/mol. The van der Waals surface area contributed by atoms with Crippen molar-refractivity contribution in [3.8, 4) is 16.9 Å². The molecule has 0 amide bonds. The summed E-state index contributed by atoms with van der Waals surface area (Å²) in [5.74, 6) is 0.346. The van der Waals surface area contributed by atoms with Gasteiger partial charge in [0, 0.05) is 54.2 Å². The zero-order valence-electron chi connectivity index (χ0n) is 16.7. The van der Waals surface area contributed by atoms with Crippen LogP contribution in [0.15, 0.2) is 54.7 Å². The first kappa shape index (κ1) is 20.4. The van der Waals surface area contributed by atoms with E-state index in [0.29, 0.717) is 16.3 Å². The number of nitrogen functional groups attached to an aromatic ring is 1. The SMILES string of the molecule is CC(Oc1cc(-c2cccc(N3CCNCC3)c2)cnc1N)c1cc(F)ccc1Cl. The molecule has 0 bridgehead atoms. The standard InChI is InChI=1S/C23H24ClFN4O/c1-15(20-13-18(25)5-6-21(20)24)30-22-12-17(14-28-23(22)26)16-3-2-4-19(11-16)29-9-7-27-8-10-29/h2-6,11-15,27H,7-10H2,1H3,(H2,26,28). The summed E-state index contributed by atoms with van der Waals surface area (Å²) >= 11 is 6.21. The van der Waals surface area contributed by atoms with Gasteiger partial charge in [0.25, 0.3) is 0 Å². The van der Waals surface area contributed by atoms with Gasteiger partial charge in [-0.2, -0.15) is 0 Å². The maximum atomic E-state index is 13.6. The molecule has 1 atom stereocenters.